The van der Waals surface area contributed by atoms with Crippen molar-refractivity contribution in [3.63, 3.8) is 0 Å². The van der Waals surface area contributed by atoms with Gasteiger partial charge in [-0.3, -0.25) is 4.79 Å². The molecule has 126 valence electrons. The molecule has 5 nitrogen and oxygen atoms in total. The number of hydrogen-bond donors (Lipinski definition) is 1. The van der Waals surface area contributed by atoms with E-state index in [4.69, 9.17) is 0 Å². The third kappa shape index (κ3) is 3.66. The maximum absolute atomic E-state index is 13.3. The molecule has 0 radical (unpaired) electrons. The summed E-state index contributed by atoms with van der Waals surface area (Å²) >= 11 is 3.25. The molecule has 1 aliphatic heterocycles. The van der Waals surface area contributed by atoms with Gasteiger partial charge in [0.25, 0.3) is 0 Å². The second-order valence-electron chi connectivity index (χ2n) is 5.46. The van der Waals surface area contributed by atoms with Crippen LogP contribution in [0.3, 0.4) is 0 Å². The van der Waals surface area contributed by atoms with E-state index in [9.17, 15) is 17.6 Å². The van der Waals surface area contributed by atoms with Gasteiger partial charge in [-0.1, -0.05) is 22.0 Å². The minimum absolute atomic E-state index is 0.0340. The summed E-state index contributed by atoms with van der Waals surface area (Å²) in [5.74, 6) is -0.691. The highest BCUT2D eigenvalue weighted by Crippen LogP contribution is 2.23. The topological polar surface area (TPSA) is 66.5 Å². The van der Waals surface area contributed by atoms with Crippen LogP contribution in [0.5, 0.6) is 0 Å². The second-order valence-corrected chi connectivity index (χ2v) is 8.09. The molecule has 0 bridgehead atoms. The maximum atomic E-state index is 13.3. The molecule has 8 heteroatoms. The predicted octanol–water partition coefficient (Wildman–Crippen LogP) is 2.67. The Kier molecular flexibility index (Phi) is 4.71. The molecule has 0 unspecified atom stereocenters. The molecule has 0 aliphatic carbocycles. The highest BCUT2D eigenvalue weighted by molar-refractivity contribution is 9.10. The van der Waals surface area contributed by atoms with Gasteiger partial charge < -0.3 is 4.90 Å². The fourth-order valence-electron chi connectivity index (χ4n) is 2.58. The Morgan fingerprint density at radius 3 is 2.54 bits per heavy atom. The lowest BCUT2D eigenvalue weighted by molar-refractivity contribution is -0.117. The number of rotatable bonds is 4. The number of hydrogen-bond acceptors (Lipinski definition) is 3. The van der Waals surface area contributed by atoms with Crippen LogP contribution in [-0.2, 0) is 14.8 Å². The monoisotopic (exact) mass is 412 g/mol. The van der Waals surface area contributed by atoms with Crippen molar-refractivity contribution in [1.82, 2.24) is 4.72 Å². The van der Waals surface area contributed by atoms with E-state index in [1.807, 2.05) is 0 Å². The van der Waals surface area contributed by atoms with Crippen LogP contribution in [0, 0.1) is 5.82 Å². The summed E-state index contributed by atoms with van der Waals surface area (Å²) in [6, 6.07) is 11.3. The number of carbonyl (C=O) groups excluding carboxylic acids is 1. The number of nitrogens with zero attached hydrogens (tertiary/aromatic N) is 1. The first-order valence-electron chi connectivity index (χ1n) is 7.19. The van der Waals surface area contributed by atoms with Crippen LogP contribution in [0.4, 0.5) is 10.1 Å². The molecular formula is C16H14BrFN2O3S. The molecule has 1 amide bonds. The maximum Gasteiger partial charge on any atom is 0.240 e. The molecule has 1 N–H and O–H groups in total. The average molecular weight is 413 g/mol. The Bertz CT molecular complexity index is 871. The molecule has 1 saturated heterocycles. The summed E-state index contributed by atoms with van der Waals surface area (Å²) in [5, 5.41) is 0. The molecule has 0 spiro atoms. The van der Waals surface area contributed by atoms with Crippen molar-refractivity contribution in [1.29, 1.82) is 0 Å². The molecule has 2 aromatic rings. The zero-order chi connectivity index (χ0) is 17.3. The molecule has 1 atom stereocenters. The Morgan fingerprint density at radius 1 is 1.17 bits per heavy atom. The van der Waals surface area contributed by atoms with Gasteiger partial charge in [0, 0.05) is 29.2 Å². The van der Waals surface area contributed by atoms with E-state index in [0.29, 0.717) is 5.69 Å². The number of halogens is 2. The van der Waals surface area contributed by atoms with Crippen molar-refractivity contribution < 1.29 is 17.6 Å². The lowest BCUT2D eigenvalue weighted by Crippen LogP contribution is -2.37. The summed E-state index contributed by atoms with van der Waals surface area (Å²) in [6.45, 7) is 0.165. The summed E-state index contributed by atoms with van der Waals surface area (Å²) in [6.07, 6.45) is 0.0340. The van der Waals surface area contributed by atoms with Gasteiger partial charge in [-0.05, 0) is 42.5 Å². The lowest BCUT2D eigenvalue weighted by Gasteiger charge is -2.17. The van der Waals surface area contributed by atoms with E-state index in [-0.39, 0.29) is 23.8 Å². The number of carbonyl (C=O) groups is 1. The minimum Gasteiger partial charge on any atom is -0.311 e. The van der Waals surface area contributed by atoms with E-state index in [0.717, 1.165) is 4.47 Å². The first kappa shape index (κ1) is 17.1. The number of sulfonamides is 1. The molecule has 0 saturated carbocycles. The van der Waals surface area contributed by atoms with E-state index < -0.39 is 21.9 Å². The van der Waals surface area contributed by atoms with Crippen molar-refractivity contribution in [2.45, 2.75) is 17.4 Å². The Balaban J connectivity index is 1.75. The van der Waals surface area contributed by atoms with Crippen molar-refractivity contribution in [3.05, 3.63) is 58.8 Å². The molecule has 1 heterocycles. The van der Waals surface area contributed by atoms with Crippen molar-refractivity contribution in [3.8, 4) is 0 Å². The first-order valence-corrected chi connectivity index (χ1v) is 9.46. The van der Waals surface area contributed by atoms with Gasteiger partial charge in [-0.2, -0.15) is 0 Å². The van der Waals surface area contributed by atoms with Crippen LogP contribution in [-0.4, -0.2) is 26.9 Å². The van der Waals surface area contributed by atoms with Crippen molar-refractivity contribution >= 4 is 37.5 Å². The summed E-state index contributed by atoms with van der Waals surface area (Å²) in [7, 11) is -3.72. The highest BCUT2D eigenvalue weighted by Gasteiger charge is 2.33. The smallest absolute Gasteiger partial charge is 0.240 e. The van der Waals surface area contributed by atoms with Crippen LogP contribution in [0.25, 0.3) is 0 Å². The first-order chi connectivity index (χ1) is 11.3. The number of benzene rings is 2. The summed E-state index contributed by atoms with van der Waals surface area (Å²) in [5.41, 5.74) is 0.422. The third-order valence-electron chi connectivity index (χ3n) is 3.69. The minimum atomic E-state index is -3.72. The molecule has 24 heavy (non-hydrogen) atoms. The fourth-order valence-corrected chi connectivity index (χ4v) is 4.07. The largest absolute Gasteiger partial charge is 0.311 e. The number of amides is 1. The van der Waals surface area contributed by atoms with E-state index in [1.54, 1.807) is 18.2 Å². The van der Waals surface area contributed by atoms with Crippen molar-refractivity contribution in [2.75, 3.05) is 11.4 Å². The average Bonchev–Trinajstić information content (AvgIpc) is 2.87. The van der Waals surface area contributed by atoms with Gasteiger partial charge >= 0.3 is 0 Å². The number of anilines is 1. The van der Waals surface area contributed by atoms with Crippen LogP contribution in [0.1, 0.15) is 6.42 Å². The molecule has 0 aromatic heterocycles. The molecular weight excluding hydrogens is 399 g/mol. The Hall–Kier alpha value is -1.77. The molecule has 3 rings (SSSR count). The summed E-state index contributed by atoms with van der Waals surface area (Å²) < 4.78 is 41.4. The molecule has 2 aromatic carbocycles. The molecule has 1 fully saturated rings. The number of nitrogens with one attached hydrogen (secondary N) is 1. The van der Waals surface area contributed by atoms with Crippen LogP contribution in [0.15, 0.2) is 57.9 Å². The highest BCUT2D eigenvalue weighted by atomic mass is 79.9. The van der Waals surface area contributed by atoms with Gasteiger partial charge in [0.05, 0.1) is 4.90 Å². The van der Waals surface area contributed by atoms with Crippen LogP contribution in [0.2, 0.25) is 0 Å². The van der Waals surface area contributed by atoms with Gasteiger partial charge in [-0.15, -0.1) is 0 Å². The lowest BCUT2D eigenvalue weighted by atomic mass is 10.3. The standard InChI is InChI=1S/C16H14BrFN2O3S/c17-11-4-6-15(7-5-11)24(22,23)19-13-9-16(21)20(10-13)14-3-1-2-12(18)8-14/h1-8,13,19H,9-10H2/t13-/m0/s1. The Labute approximate surface area is 147 Å². The normalized spacial score (nSPS) is 18.2. The van der Waals surface area contributed by atoms with Crippen LogP contribution >= 0.6 is 15.9 Å². The predicted molar refractivity (Wildman–Crippen MR) is 91.6 cm³/mol. The summed E-state index contributed by atoms with van der Waals surface area (Å²) in [4.78, 5) is 13.6. The zero-order valence-electron chi connectivity index (χ0n) is 12.4. The zero-order valence-corrected chi connectivity index (χ0v) is 14.8. The van der Waals surface area contributed by atoms with E-state index in [1.165, 1.54) is 35.2 Å². The molecule has 1 aliphatic rings. The van der Waals surface area contributed by atoms with Gasteiger partial charge in [0.15, 0.2) is 0 Å². The third-order valence-corrected chi connectivity index (χ3v) is 5.76. The quantitative estimate of drug-likeness (QED) is 0.839. The van der Waals surface area contributed by atoms with Gasteiger partial charge in [-0.25, -0.2) is 17.5 Å². The van der Waals surface area contributed by atoms with E-state index >= 15 is 0 Å². The second kappa shape index (κ2) is 6.62. The Morgan fingerprint density at radius 2 is 1.88 bits per heavy atom. The van der Waals surface area contributed by atoms with Gasteiger partial charge in [0.2, 0.25) is 15.9 Å². The van der Waals surface area contributed by atoms with Crippen LogP contribution < -0.4 is 9.62 Å². The van der Waals surface area contributed by atoms with E-state index in [2.05, 4.69) is 20.7 Å². The fraction of sp³-hybridized carbons (Fsp3) is 0.188. The SMILES string of the molecule is O=C1C[C@H](NS(=O)(=O)c2ccc(Br)cc2)CN1c1cccc(F)c1. The van der Waals surface area contributed by atoms with Gasteiger partial charge in [0.1, 0.15) is 5.82 Å². The van der Waals surface area contributed by atoms with Crippen molar-refractivity contribution in [2.24, 2.45) is 0 Å².